The standard InChI is InChI=1S/C32H28O9/c1-16-12-25(34)40-31-27(16)30(36)28(17(2)33)32-29(31)21(15-26(35)41-32)19-5-7-23(37-3)24(14-19)39-10-8-18-4-6-22-20(13-18)9-11-38-22/h4-7,12-14,21,36H,8-11,15H2,1-3H3/t21-/m0/s1. The summed E-state index contributed by atoms with van der Waals surface area (Å²) >= 11 is 0. The number of carbonyl (C=O) groups excluding carboxylic acids is 2. The van der Waals surface area contributed by atoms with Crippen molar-refractivity contribution in [3.63, 3.8) is 0 Å². The van der Waals surface area contributed by atoms with E-state index in [0.717, 1.165) is 17.7 Å². The molecule has 0 unspecified atom stereocenters. The van der Waals surface area contributed by atoms with Crippen LogP contribution in [0.5, 0.6) is 28.7 Å². The highest BCUT2D eigenvalue weighted by atomic mass is 16.5. The van der Waals surface area contributed by atoms with Crippen molar-refractivity contribution in [2.45, 2.75) is 39.0 Å². The normalized spacial score (nSPS) is 15.6. The number of fused-ring (bicyclic) bond motifs is 4. The van der Waals surface area contributed by atoms with Crippen LogP contribution in [0, 0.1) is 6.92 Å². The van der Waals surface area contributed by atoms with Crippen molar-refractivity contribution in [3.8, 4) is 28.7 Å². The van der Waals surface area contributed by atoms with Crippen LogP contribution < -0.4 is 24.6 Å². The number of aromatic hydroxyl groups is 1. The fourth-order valence-electron chi connectivity index (χ4n) is 5.72. The molecule has 9 nitrogen and oxygen atoms in total. The van der Waals surface area contributed by atoms with Crippen molar-refractivity contribution >= 4 is 22.7 Å². The average Bonchev–Trinajstić information content (AvgIpc) is 3.40. The summed E-state index contributed by atoms with van der Waals surface area (Å²) in [4.78, 5) is 37.9. The van der Waals surface area contributed by atoms with Crippen molar-refractivity contribution < 1.29 is 38.1 Å². The molecule has 9 heteroatoms. The Morgan fingerprint density at radius 2 is 1.93 bits per heavy atom. The second-order valence-electron chi connectivity index (χ2n) is 10.3. The molecule has 0 spiro atoms. The second-order valence-corrected chi connectivity index (χ2v) is 10.3. The third-order valence-corrected chi connectivity index (χ3v) is 7.63. The zero-order chi connectivity index (χ0) is 28.8. The van der Waals surface area contributed by atoms with Gasteiger partial charge in [-0.15, -0.1) is 0 Å². The molecule has 3 aromatic carbocycles. The Bertz CT molecular complexity index is 1780. The molecule has 1 N–H and O–H groups in total. The maximum absolute atomic E-state index is 12.8. The molecule has 0 aliphatic carbocycles. The number of Topliss-reactive ketones (excluding diaryl/α,β-unsaturated/α-hetero) is 1. The van der Waals surface area contributed by atoms with E-state index in [9.17, 15) is 19.5 Å². The molecule has 0 fully saturated rings. The number of phenols is 1. The number of hydrogen-bond acceptors (Lipinski definition) is 9. The van der Waals surface area contributed by atoms with Crippen LogP contribution in [0.1, 0.15) is 57.4 Å². The van der Waals surface area contributed by atoms with Crippen molar-refractivity contribution in [1.29, 1.82) is 0 Å². The molecule has 3 heterocycles. The molecule has 2 aliphatic heterocycles. The minimum absolute atomic E-state index is 0.0730. The highest BCUT2D eigenvalue weighted by Crippen LogP contribution is 2.50. The van der Waals surface area contributed by atoms with Gasteiger partial charge in [0.1, 0.15) is 22.6 Å². The van der Waals surface area contributed by atoms with Gasteiger partial charge < -0.3 is 28.5 Å². The van der Waals surface area contributed by atoms with E-state index in [-0.39, 0.29) is 28.7 Å². The highest BCUT2D eigenvalue weighted by Gasteiger charge is 2.37. The second kappa shape index (κ2) is 10.3. The van der Waals surface area contributed by atoms with Crippen LogP contribution in [0.25, 0.3) is 11.0 Å². The molecule has 1 atom stereocenters. The number of aryl methyl sites for hydroxylation is 1. The smallest absolute Gasteiger partial charge is 0.336 e. The molecule has 210 valence electrons. The first-order valence-electron chi connectivity index (χ1n) is 13.4. The monoisotopic (exact) mass is 556 g/mol. The number of methoxy groups -OCH3 is 1. The van der Waals surface area contributed by atoms with E-state index < -0.39 is 29.0 Å². The predicted octanol–water partition coefficient (Wildman–Crippen LogP) is 5.02. The predicted molar refractivity (Wildman–Crippen MR) is 149 cm³/mol. The SMILES string of the molecule is COc1ccc([C@@H]2CC(=O)Oc3c(C(C)=O)c(O)c4c(C)cc(=O)oc4c32)cc1OCCc1ccc2c(c1)CCO2. The number of hydrogen-bond donors (Lipinski definition) is 1. The van der Waals surface area contributed by atoms with Gasteiger partial charge >= 0.3 is 11.6 Å². The minimum Gasteiger partial charge on any atom is -0.506 e. The number of esters is 1. The number of ketones is 1. The van der Waals surface area contributed by atoms with Gasteiger partial charge in [0.05, 0.1) is 32.1 Å². The first kappa shape index (κ1) is 26.4. The van der Waals surface area contributed by atoms with E-state index in [4.69, 9.17) is 23.4 Å². The summed E-state index contributed by atoms with van der Waals surface area (Å²) in [5.74, 6) is -0.305. The largest absolute Gasteiger partial charge is 0.506 e. The summed E-state index contributed by atoms with van der Waals surface area (Å²) < 4.78 is 28.4. The van der Waals surface area contributed by atoms with Crippen molar-refractivity contribution in [1.82, 2.24) is 0 Å². The molecule has 0 amide bonds. The Kier molecular flexibility index (Phi) is 6.65. The van der Waals surface area contributed by atoms with Crippen LogP contribution in [0.4, 0.5) is 0 Å². The third kappa shape index (κ3) is 4.67. The van der Waals surface area contributed by atoms with Crippen LogP contribution in [0.15, 0.2) is 51.7 Å². The Labute approximate surface area is 235 Å². The molecular formula is C32H28O9. The zero-order valence-corrected chi connectivity index (χ0v) is 22.9. The van der Waals surface area contributed by atoms with Gasteiger partial charge in [0.25, 0.3) is 0 Å². The van der Waals surface area contributed by atoms with Gasteiger partial charge in [-0.2, -0.15) is 0 Å². The molecule has 0 saturated heterocycles. The zero-order valence-electron chi connectivity index (χ0n) is 22.9. The summed E-state index contributed by atoms with van der Waals surface area (Å²) in [6.45, 7) is 4.00. The van der Waals surface area contributed by atoms with E-state index >= 15 is 0 Å². The molecule has 0 radical (unpaired) electrons. The summed E-state index contributed by atoms with van der Waals surface area (Å²) in [5.41, 5.74) is 3.08. The van der Waals surface area contributed by atoms with Crippen LogP contribution >= 0.6 is 0 Å². The first-order chi connectivity index (χ1) is 19.7. The highest BCUT2D eigenvalue weighted by molar-refractivity contribution is 6.09. The molecule has 0 saturated carbocycles. The van der Waals surface area contributed by atoms with Crippen molar-refractivity contribution in [2.24, 2.45) is 0 Å². The van der Waals surface area contributed by atoms with Crippen LogP contribution in [-0.2, 0) is 17.6 Å². The van der Waals surface area contributed by atoms with Gasteiger partial charge in [0, 0.05) is 30.4 Å². The number of phenolic OH excluding ortho intramolecular Hbond substituents is 1. The molecule has 2 aliphatic rings. The Morgan fingerprint density at radius 1 is 1.10 bits per heavy atom. The van der Waals surface area contributed by atoms with E-state index in [1.54, 1.807) is 32.2 Å². The fourth-order valence-corrected chi connectivity index (χ4v) is 5.72. The summed E-state index contributed by atoms with van der Waals surface area (Å²) in [5, 5.41) is 11.3. The van der Waals surface area contributed by atoms with Crippen LogP contribution in [0.3, 0.4) is 0 Å². The summed E-state index contributed by atoms with van der Waals surface area (Å²) in [6.07, 6.45) is 1.48. The number of ether oxygens (including phenoxy) is 4. The lowest BCUT2D eigenvalue weighted by molar-refractivity contribution is -0.135. The maximum atomic E-state index is 12.8. The Morgan fingerprint density at radius 3 is 2.71 bits per heavy atom. The number of benzene rings is 3. The van der Waals surface area contributed by atoms with Gasteiger partial charge in [0.15, 0.2) is 23.0 Å². The first-order valence-corrected chi connectivity index (χ1v) is 13.4. The summed E-state index contributed by atoms with van der Waals surface area (Å²) in [6, 6.07) is 12.7. The van der Waals surface area contributed by atoms with E-state index in [0.29, 0.717) is 47.8 Å². The van der Waals surface area contributed by atoms with Crippen molar-refractivity contribution in [2.75, 3.05) is 20.3 Å². The van der Waals surface area contributed by atoms with E-state index in [1.807, 2.05) is 12.1 Å². The summed E-state index contributed by atoms with van der Waals surface area (Å²) in [7, 11) is 1.54. The average molecular weight is 557 g/mol. The van der Waals surface area contributed by atoms with Gasteiger partial charge in [-0.25, -0.2) is 4.79 Å². The van der Waals surface area contributed by atoms with Gasteiger partial charge in [-0.1, -0.05) is 18.2 Å². The van der Waals surface area contributed by atoms with E-state index in [2.05, 4.69) is 6.07 Å². The molecular weight excluding hydrogens is 528 g/mol. The van der Waals surface area contributed by atoms with E-state index in [1.165, 1.54) is 18.6 Å². The third-order valence-electron chi connectivity index (χ3n) is 7.63. The van der Waals surface area contributed by atoms with Gasteiger partial charge in [0.2, 0.25) is 0 Å². The maximum Gasteiger partial charge on any atom is 0.336 e. The molecule has 1 aromatic heterocycles. The van der Waals surface area contributed by atoms with Crippen LogP contribution in [-0.4, -0.2) is 37.2 Å². The Hall–Kier alpha value is -4.79. The van der Waals surface area contributed by atoms with Gasteiger partial charge in [-0.05, 0) is 54.3 Å². The van der Waals surface area contributed by atoms with Gasteiger partial charge in [-0.3, -0.25) is 9.59 Å². The Balaban J connectivity index is 1.41. The topological polar surface area (TPSA) is 122 Å². The van der Waals surface area contributed by atoms with Crippen molar-refractivity contribution in [3.05, 3.63) is 86.3 Å². The number of carbonyl (C=O) groups is 2. The quantitative estimate of drug-likeness (QED) is 0.145. The lowest BCUT2D eigenvalue weighted by Crippen LogP contribution is -2.24. The number of rotatable bonds is 7. The molecule has 41 heavy (non-hydrogen) atoms. The lowest BCUT2D eigenvalue weighted by atomic mass is 9.82. The molecule has 4 aromatic rings. The minimum atomic E-state index is -0.651. The van der Waals surface area contributed by atoms with Crippen LogP contribution in [0.2, 0.25) is 0 Å². The molecule has 6 rings (SSSR count). The lowest BCUT2D eigenvalue weighted by Gasteiger charge is -2.28. The fraction of sp³-hybridized carbons (Fsp3) is 0.281. The molecule has 0 bridgehead atoms.